The molecule has 0 aliphatic heterocycles. The van der Waals surface area contributed by atoms with Crippen molar-refractivity contribution < 1.29 is 14.4 Å². The van der Waals surface area contributed by atoms with Crippen LogP contribution in [0.2, 0.25) is 0 Å². The lowest BCUT2D eigenvalue weighted by Gasteiger charge is -2.01. The van der Waals surface area contributed by atoms with E-state index in [9.17, 15) is 14.4 Å². The van der Waals surface area contributed by atoms with E-state index in [0.29, 0.717) is 32.1 Å². The van der Waals surface area contributed by atoms with Gasteiger partial charge in [-0.15, -0.1) is 0 Å². The van der Waals surface area contributed by atoms with Crippen molar-refractivity contribution in [2.75, 3.05) is 0 Å². The second kappa shape index (κ2) is 11.1. The molecule has 0 rings (SSSR count). The summed E-state index contributed by atoms with van der Waals surface area (Å²) in [4.78, 5) is 33.6. The molecule has 0 aromatic heterocycles. The van der Waals surface area contributed by atoms with Crippen molar-refractivity contribution in [3.8, 4) is 0 Å². The van der Waals surface area contributed by atoms with Crippen LogP contribution in [0.5, 0.6) is 0 Å². The Morgan fingerprint density at radius 1 is 0.667 bits per heavy atom. The maximum absolute atomic E-state index is 11.5. The van der Waals surface area contributed by atoms with Crippen molar-refractivity contribution in [1.82, 2.24) is 0 Å². The minimum Gasteiger partial charge on any atom is -0.300 e. The van der Waals surface area contributed by atoms with Crippen LogP contribution in [0, 0.1) is 0 Å². The van der Waals surface area contributed by atoms with Gasteiger partial charge in [-0.25, -0.2) is 0 Å². The number of hydrogen-bond acceptors (Lipinski definition) is 3. The first kappa shape index (κ1) is 17.0. The number of rotatable bonds is 12. The summed E-state index contributed by atoms with van der Waals surface area (Å²) < 4.78 is 0. The quantitative estimate of drug-likeness (QED) is 0.500. The molecule has 0 amide bonds. The van der Waals surface area contributed by atoms with Gasteiger partial charge < -0.3 is 4.79 Å². The van der Waals surface area contributed by atoms with Gasteiger partial charge in [0, 0.05) is 32.1 Å². The Labute approximate surface area is 110 Å². The van der Waals surface area contributed by atoms with Gasteiger partial charge in [-0.2, -0.15) is 0 Å². The molecule has 3 nitrogen and oxygen atoms in total. The minimum absolute atomic E-state index is 0.155. The molecule has 3 heteroatoms. The van der Waals surface area contributed by atoms with E-state index in [1.165, 1.54) is 0 Å². The molecule has 0 N–H and O–H groups in total. The Hall–Kier alpha value is -0.990. The normalized spacial score (nSPS) is 10.3. The van der Waals surface area contributed by atoms with Crippen molar-refractivity contribution in [3.63, 3.8) is 0 Å². The number of carbonyl (C=O) groups is 3. The van der Waals surface area contributed by atoms with E-state index in [1.807, 2.05) is 0 Å². The second-order valence-corrected chi connectivity index (χ2v) is 4.94. The molecule has 0 aliphatic carbocycles. The van der Waals surface area contributed by atoms with E-state index in [0.717, 1.165) is 32.1 Å². The third-order valence-corrected chi connectivity index (χ3v) is 2.98. The number of carbonyl (C=O) groups excluding carboxylic acids is 3. The average Bonchev–Trinajstić information content (AvgIpc) is 2.32. The highest BCUT2D eigenvalue weighted by Gasteiger charge is 2.07. The highest BCUT2D eigenvalue weighted by Crippen LogP contribution is 2.07. The summed E-state index contributed by atoms with van der Waals surface area (Å²) in [6, 6.07) is 0. The van der Waals surface area contributed by atoms with Gasteiger partial charge in [-0.3, -0.25) is 9.59 Å². The standard InChI is InChI=1S/C15H26O3/c1-3-4-5-9-14(17)11-12-15(18)10-7-6-8-13(2)16/h3-12H2,1-2H3. The van der Waals surface area contributed by atoms with Gasteiger partial charge in [-0.1, -0.05) is 19.8 Å². The SMILES string of the molecule is CCCCCC(=O)CCC(=O)CCCCC(C)=O. The smallest absolute Gasteiger partial charge is 0.133 e. The van der Waals surface area contributed by atoms with Crippen molar-refractivity contribution in [2.24, 2.45) is 0 Å². The highest BCUT2D eigenvalue weighted by molar-refractivity contribution is 5.85. The molecular weight excluding hydrogens is 228 g/mol. The molecule has 0 aliphatic rings. The molecule has 104 valence electrons. The van der Waals surface area contributed by atoms with Crippen molar-refractivity contribution in [1.29, 1.82) is 0 Å². The zero-order valence-corrected chi connectivity index (χ0v) is 11.8. The maximum atomic E-state index is 11.5. The fraction of sp³-hybridized carbons (Fsp3) is 0.800. The van der Waals surface area contributed by atoms with E-state index >= 15 is 0 Å². The Balaban J connectivity index is 3.46. The number of hydrogen-bond donors (Lipinski definition) is 0. The van der Waals surface area contributed by atoms with Crippen LogP contribution in [-0.4, -0.2) is 17.3 Å². The molecule has 0 heterocycles. The lowest BCUT2D eigenvalue weighted by molar-refractivity contribution is -0.124. The predicted molar refractivity (Wildman–Crippen MR) is 72.5 cm³/mol. The molecular formula is C15H26O3. The fourth-order valence-electron chi connectivity index (χ4n) is 1.80. The summed E-state index contributed by atoms with van der Waals surface area (Å²) >= 11 is 0. The third kappa shape index (κ3) is 11.5. The molecule has 0 saturated heterocycles. The fourth-order valence-corrected chi connectivity index (χ4v) is 1.80. The first-order valence-corrected chi connectivity index (χ1v) is 7.09. The van der Waals surface area contributed by atoms with Crippen LogP contribution in [-0.2, 0) is 14.4 Å². The summed E-state index contributed by atoms with van der Waals surface area (Å²) in [6.07, 6.45) is 7.16. The lowest BCUT2D eigenvalue weighted by atomic mass is 10.0. The first-order chi connectivity index (χ1) is 8.56. The van der Waals surface area contributed by atoms with Crippen molar-refractivity contribution in [2.45, 2.75) is 78.1 Å². The van der Waals surface area contributed by atoms with Gasteiger partial charge in [0.1, 0.15) is 17.3 Å². The van der Waals surface area contributed by atoms with E-state index < -0.39 is 0 Å². The van der Waals surface area contributed by atoms with Crippen molar-refractivity contribution in [3.05, 3.63) is 0 Å². The molecule has 0 spiro atoms. The topological polar surface area (TPSA) is 51.2 Å². The third-order valence-electron chi connectivity index (χ3n) is 2.98. The highest BCUT2D eigenvalue weighted by atomic mass is 16.1. The maximum Gasteiger partial charge on any atom is 0.133 e. The van der Waals surface area contributed by atoms with Gasteiger partial charge in [0.2, 0.25) is 0 Å². The lowest BCUT2D eigenvalue weighted by Crippen LogP contribution is -2.04. The van der Waals surface area contributed by atoms with Crippen LogP contribution in [0.3, 0.4) is 0 Å². The summed E-state index contributed by atoms with van der Waals surface area (Å²) in [5.74, 6) is 0.538. The number of Topliss-reactive ketones (excluding diaryl/α,β-unsaturated/α-hetero) is 3. The van der Waals surface area contributed by atoms with Gasteiger partial charge in [0.05, 0.1) is 0 Å². The van der Waals surface area contributed by atoms with Crippen molar-refractivity contribution >= 4 is 17.3 Å². The molecule has 0 aromatic carbocycles. The van der Waals surface area contributed by atoms with Crippen LogP contribution < -0.4 is 0 Å². The number of ketones is 3. The largest absolute Gasteiger partial charge is 0.300 e. The molecule has 18 heavy (non-hydrogen) atoms. The second-order valence-electron chi connectivity index (χ2n) is 4.94. The first-order valence-electron chi connectivity index (χ1n) is 7.09. The van der Waals surface area contributed by atoms with E-state index in [-0.39, 0.29) is 17.3 Å². The van der Waals surface area contributed by atoms with Crippen LogP contribution in [0.4, 0.5) is 0 Å². The molecule has 0 aromatic rings. The van der Waals surface area contributed by atoms with Gasteiger partial charge in [-0.05, 0) is 26.2 Å². The molecule has 0 unspecified atom stereocenters. The molecule has 0 radical (unpaired) electrons. The Kier molecular flexibility index (Phi) is 10.5. The van der Waals surface area contributed by atoms with Crippen LogP contribution >= 0.6 is 0 Å². The molecule has 0 bridgehead atoms. The van der Waals surface area contributed by atoms with E-state index in [4.69, 9.17) is 0 Å². The van der Waals surface area contributed by atoms with Gasteiger partial charge in [0.25, 0.3) is 0 Å². The summed E-state index contributed by atoms with van der Waals surface area (Å²) in [5, 5.41) is 0. The molecule has 0 saturated carbocycles. The number of unbranched alkanes of at least 4 members (excludes halogenated alkanes) is 3. The monoisotopic (exact) mass is 254 g/mol. The van der Waals surface area contributed by atoms with Gasteiger partial charge >= 0.3 is 0 Å². The summed E-state index contributed by atoms with van der Waals surface area (Å²) in [5.41, 5.74) is 0. The van der Waals surface area contributed by atoms with E-state index in [1.54, 1.807) is 6.92 Å². The van der Waals surface area contributed by atoms with Crippen LogP contribution in [0.25, 0.3) is 0 Å². The van der Waals surface area contributed by atoms with Gasteiger partial charge in [0.15, 0.2) is 0 Å². The van der Waals surface area contributed by atoms with Crippen LogP contribution in [0.1, 0.15) is 78.1 Å². The summed E-state index contributed by atoms with van der Waals surface area (Å²) in [7, 11) is 0. The molecule has 0 atom stereocenters. The zero-order chi connectivity index (χ0) is 13.8. The summed E-state index contributed by atoms with van der Waals surface area (Å²) in [6.45, 7) is 3.67. The minimum atomic E-state index is 0.155. The zero-order valence-electron chi connectivity index (χ0n) is 11.8. The van der Waals surface area contributed by atoms with E-state index in [2.05, 4.69) is 6.92 Å². The predicted octanol–water partition coefficient (Wildman–Crippen LogP) is 3.63. The average molecular weight is 254 g/mol. The Morgan fingerprint density at radius 3 is 1.56 bits per heavy atom. The molecule has 0 fully saturated rings. The Morgan fingerprint density at radius 2 is 1.11 bits per heavy atom. The Bertz CT molecular complexity index is 269. The van der Waals surface area contributed by atoms with Crippen LogP contribution in [0.15, 0.2) is 0 Å².